The van der Waals surface area contributed by atoms with Gasteiger partial charge in [0, 0.05) is 30.5 Å². The van der Waals surface area contributed by atoms with Gasteiger partial charge in [0.1, 0.15) is 5.75 Å². The molecule has 5 nitrogen and oxygen atoms in total. The van der Waals surface area contributed by atoms with Crippen LogP contribution in [0.4, 0.5) is 10.5 Å². The highest BCUT2D eigenvalue weighted by Gasteiger charge is 2.03. The summed E-state index contributed by atoms with van der Waals surface area (Å²) in [5, 5.41) is 6.95. The second-order valence-corrected chi connectivity index (χ2v) is 5.76. The van der Waals surface area contributed by atoms with Gasteiger partial charge in [-0.25, -0.2) is 4.79 Å². The van der Waals surface area contributed by atoms with Gasteiger partial charge in [0.25, 0.3) is 0 Å². The number of benzene rings is 2. The largest absolute Gasteiger partial charge is 0.494 e. The summed E-state index contributed by atoms with van der Waals surface area (Å²) in [6.45, 7) is 4.06. The highest BCUT2D eigenvalue weighted by molar-refractivity contribution is 5.89. The Bertz CT molecular complexity index is 824. The molecule has 130 valence electrons. The average molecular weight is 337 g/mol. The van der Waals surface area contributed by atoms with Gasteiger partial charge < -0.3 is 19.9 Å². The lowest BCUT2D eigenvalue weighted by molar-refractivity contribution is 0.252. The third-order valence-electron chi connectivity index (χ3n) is 3.96. The summed E-state index contributed by atoms with van der Waals surface area (Å²) < 4.78 is 7.59. The fraction of sp³-hybridized carbons (Fsp3) is 0.250. The maximum Gasteiger partial charge on any atom is 0.319 e. The van der Waals surface area contributed by atoms with Gasteiger partial charge in [-0.2, -0.15) is 0 Å². The number of hydrogen-bond donors (Lipinski definition) is 2. The molecule has 0 fully saturated rings. The molecule has 0 radical (unpaired) electrons. The number of carbonyl (C=O) groups excluding carboxylic acids is 1. The maximum absolute atomic E-state index is 11.9. The predicted octanol–water partition coefficient (Wildman–Crippen LogP) is 4.25. The number of ether oxygens (including phenoxy) is 1. The molecule has 0 saturated carbocycles. The summed E-state index contributed by atoms with van der Waals surface area (Å²) in [6.07, 6.45) is 2.96. The van der Waals surface area contributed by atoms with E-state index in [9.17, 15) is 4.79 Å². The number of carbonyl (C=O) groups is 1. The Hall–Kier alpha value is -2.95. The molecule has 3 aromatic rings. The van der Waals surface area contributed by atoms with Gasteiger partial charge in [-0.3, -0.25) is 0 Å². The number of fused-ring (bicyclic) bond motifs is 1. The molecule has 0 atom stereocenters. The summed E-state index contributed by atoms with van der Waals surface area (Å²) in [7, 11) is 0. The number of para-hydroxylation sites is 1. The number of aromatic nitrogens is 1. The average Bonchev–Trinajstić information content (AvgIpc) is 3.04. The first-order valence-electron chi connectivity index (χ1n) is 8.58. The van der Waals surface area contributed by atoms with Crippen molar-refractivity contribution in [1.29, 1.82) is 0 Å². The molecular formula is C20H23N3O2. The Morgan fingerprint density at radius 1 is 1.08 bits per heavy atom. The van der Waals surface area contributed by atoms with Crippen molar-refractivity contribution >= 4 is 22.6 Å². The van der Waals surface area contributed by atoms with Crippen LogP contribution in [0, 0.1) is 0 Å². The Morgan fingerprint density at radius 2 is 1.88 bits per heavy atom. The van der Waals surface area contributed by atoms with E-state index in [2.05, 4.69) is 39.6 Å². The highest BCUT2D eigenvalue weighted by atomic mass is 16.5. The quantitative estimate of drug-likeness (QED) is 0.633. The summed E-state index contributed by atoms with van der Waals surface area (Å²) in [4.78, 5) is 11.9. The molecule has 5 heteroatoms. The smallest absolute Gasteiger partial charge is 0.319 e. The van der Waals surface area contributed by atoms with Gasteiger partial charge >= 0.3 is 6.03 Å². The van der Waals surface area contributed by atoms with Gasteiger partial charge in [0.2, 0.25) is 0 Å². The normalized spacial score (nSPS) is 10.6. The minimum absolute atomic E-state index is 0.193. The number of rotatable bonds is 7. The van der Waals surface area contributed by atoms with E-state index in [0.717, 1.165) is 24.4 Å². The molecule has 0 bridgehead atoms. The second-order valence-electron chi connectivity index (χ2n) is 5.76. The predicted molar refractivity (Wildman–Crippen MR) is 101 cm³/mol. The molecular weight excluding hydrogens is 314 g/mol. The number of hydrogen-bond acceptors (Lipinski definition) is 2. The zero-order chi connectivity index (χ0) is 17.5. The number of nitrogens with zero attached hydrogens (tertiary/aromatic N) is 1. The van der Waals surface area contributed by atoms with Gasteiger partial charge in [-0.1, -0.05) is 18.2 Å². The Labute approximate surface area is 147 Å². The second kappa shape index (κ2) is 8.24. The molecule has 0 unspecified atom stereocenters. The van der Waals surface area contributed by atoms with E-state index in [0.29, 0.717) is 13.2 Å². The van der Waals surface area contributed by atoms with Crippen molar-refractivity contribution in [2.24, 2.45) is 0 Å². The summed E-state index contributed by atoms with van der Waals surface area (Å²) >= 11 is 0. The van der Waals surface area contributed by atoms with Crippen LogP contribution in [0.2, 0.25) is 0 Å². The van der Waals surface area contributed by atoms with Crippen LogP contribution in [0.5, 0.6) is 5.75 Å². The first-order chi connectivity index (χ1) is 12.3. The first kappa shape index (κ1) is 16.9. The van der Waals surface area contributed by atoms with Crippen LogP contribution in [0.25, 0.3) is 10.9 Å². The molecule has 0 aliphatic carbocycles. The van der Waals surface area contributed by atoms with Crippen LogP contribution in [0.15, 0.2) is 60.8 Å². The minimum atomic E-state index is -0.193. The number of aryl methyl sites for hydroxylation is 1. The number of nitrogens with one attached hydrogen (secondary N) is 2. The van der Waals surface area contributed by atoms with Crippen molar-refractivity contribution in [3.8, 4) is 5.75 Å². The molecule has 2 amide bonds. The third kappa shape index (κ3) is 4.53. The van der Waals surface area contributed by atoms with Crippen LogP contribution < -0.4 is 15.4 Å². The lowest BCUT2D eigenvalue weighted by Gasteiger charge is -2.09. The third-order valence-corrected chi connectivity index (χ3v) is 3.96. The SMILES string of the molecule is CCOc1ccc(NC(=O)NCCCn2ccc3ccccc32)cc1. The monoisotopic (exact) mass is 337 g/mol. The van der Waals surface area contributed by atoms with Gasteiger partial charge in [-0.05, 0) is 55.1 Å². The topological polar surface area (TPSA) is 55.3 Å². The van der Waals surface area contributed by atoms with Gasteiger partial charge in [0.05, 0.1) is 6.61 Å². The lowest BCUT2D eigenvalue weighted by atomic mass is 10.2. The summed E-state index contributed by atoms with van der Waals surface area (Å²) in [6, 6.07) is 17.6. The Morgan fingerprint density at radius 3 is 2.68 bits per heavy atom. The van der Waals surface area contributed by atoms with E-state index in [1.54, 1.807) is 0 Å². The molecule has 2 N–H and O–H groups in total. The lowest BCUT2D eigenvalue weighted by Crippen LogP contribution is -2.30. The molecule has 25 heavy (non-hydrogen) atoms. The zero-order valence-electron chi connectivity index (χ0n) is 14.4. The minimum Gasteiger partial charge on any atom is -0.494 e. The van der Waals surface area contributed by atoms with E-state index in [1.807, 2.05) is 43.3 Å². The fourth-order valence-electron chi connectivity index (χ4n) is 2.76. The first-order valence-corrected chi connectivity index (χ1v) is 8.58. The van der Waals surface area contributed by atoms with Crippen LogP contribution >= 0.6 is 0 Å². The van der Waals surface area contributed by atoms with Gasteiger partial charge in [0.15, 0.2) is 0 Å². The van der Waals surface area contributed by atoms with Gasteiger partial charge in [-0.15, -0.1) is 0 Å². The molecule has 0 aliphatic rings. The van der Waals surface area contributed by atoms with E-state index >= 15 is 0 Å². The Kier molecular flexibility index (Phi) is 5.57. The van der Waals surface area contributed by atoms with Crippen molar-refractivity contribution in [3.63, 3.8) is 0 Å². The summed E-state index contributed by atoms with van der Waals surface area (Å²) in [5.74, 6) is 0.799. The van der Waals surface area contributed by atoms with Crippen molar-refractivity contribution in [1.82, 2.24) is 9.88 Å². The molecule has 0 aliphatic heterocycles. The van der Waals surface area contributed by atoms with E-state index in [4.69, 9.17) is 4.74 Å². The standard InChI is InChI=1S/C20H23N3O2/c1-2-25-18-10-8-17(9-11-18)22-20(24)21-13-5-14-23-15-12-16-6-3-4-7-19(16)23/h3-4,6-12,15H,2,5,13-14H2,1H3,(H2,21,22,24). The maximum atomic E-state index is 11.9. The molecule has 1 aromatic heterocycles. The van der Waals surface area contributed by atoms with E-state index in [-0.39, 0.29) is 6.03 Å². The van der Waals surface area contributed by atoms with Crippen LogP contribution in [-0.2, 0) is 6.54 Å². The molecule has 1 heterocycles. The molecule has 0 saturated heterocycles. The number of urea groups is 1. The highest BCUT2D eigenvalue weighted by Crippen LogP contribution is 2.16. The number of anilines is 1. The van der Waals surface area contributed by atoms with Crippen molar-refractivity contribution in [2.45, 2.75) is 19.9 Å². The number of amides is 2. The molecule has 3 rings (SSSR count). The van der Waals surface area contributed by atoms with Crippen LogP contribution in [-0.4, -0.2) is 23.7 Å². The summed E-state index contributed by atoms with van der Waals surface area (Å²) in [5.41, 5.74) is 1.97. The van der Waals surface area contributed by atoms with Crippen molar-refractivity contribution < 1.29 is 9.53 Å². The van der Waals surface area contributed by atoms with Crippen LogP contribution in [0.3, 0.4) is 0 Å². The molecule has 0 spiro atoms. The molecule has 2 aromatic carbocycles. The van der Waals surface area contributed by atoms with E-state index in [1.165, 1.54) is 10.9 Å². The van der Waals surface area contributed by atoms with Crippen molar-refractivity contribution in [3.05, 3.63) is 60.8 Å². The zero-order valence-corrected chi connectivity index (χ0v) is 14.4. The van der Waals surface area contributed by atoms with Crippen LogP contribution in [0.1, 0.15) is 13.3 Å². The fourth-order valence-corrected chi connectivity index (χ4v) is 2.76. The van der Waals surface area contributed by atoms with Crippen molar-refractivity contribution in [2.75, 3.05) is 18.5 Å². The Balaban J connectivity index is 1.42. The van der Waals surface area contributed by atoms with E-state index < -0.39 is 0 Å².